The van der Waals surface area contributed by atoms with Crippen molar-refractivity contribution in [2.75, 3.05) is 12.9 Å². The first-order chi connectivity index (χ1) is 18.6. The van der Waals surface area contributed by atoms with Gasteiger partial charge in [0.15, 0.2) is 0 Å². The van der Waals surface area contributed by atoms with E-state index in [-0.39, 0.29) is 29.8 Å². The van der Waals surface area contributed by atoms with Gasteiger partial charge >= 0.3 is 0 Å². The number of non-ortho nitro benzene ring substituents is 1. The number of amides is 2. The standard InChI is InChI=1S/C30H35N3O5S/c1-30(2,3)31-29(35)27(18-22-9-6-5-7-10-22)32(19-24-11-8-12-26(17-24)38-4)28(34)21-39-20-23-13-15-25(16-14-23)33(36)37/h5-17,27H,18-21H2,1-4H3,(H,31,35). The van der Waals surface area contributed by atoms with Crippen molar-refractivity contribution in [3.8, 4) is 5.75 Å². The summed E-state index contributed by atoms with van der Waals surface area (Å²) in [6.07, 6.45) is 0.367. The molecule has 8 nitrogen and oxygen atoms in total. The molecule has 3 aromatic carbocycles. The van der Waals surface area contributed by atoms with Crippen LogP contribution in [0.15, 0.2) is 78.9 Å². The van der Waals surface area contributed by atoms with Gasteiger partial charge in [0.05, 0.1) is 17.8 Å². The third-order valence-corrected chi connectivity index (χ3v) is 6.89. The Morgan fingerprint density at radius 3 is 2.26 bits per heavy atom. The third-order valence-electron chi connectivity index (χ3n) is 5.90. The fraction of sp³-hybridized carbons (Fsp3) is 0.333. The number of methoxy groups -OCH3 is 1. The van der Waals surface area contributed by atoms with E-state index in [1.54, 1.807) is 24.1 Å². The fourth-order valence-corrected chi connectivity index (χ4v) is 4.90. The van der Waals surface area contributed by atoms with Crippen LogP contribution in [0.3, 0.4) is 0 Å². The van der Waals surface area contributed by atoms with Crippen molar-refractivity contribution in [2.45, 2.75) is 51.1 Å². The van der Waals surface area contributed by atoms with Crippen molar-refractivity contribution in [3.63, 3.8) is 0 Å². The fourth-order valence-electron chi connectivity index (χ4n) is 4.03. The molecular weight excluding hydrogens is 514 g/mol. The number of nitrogens with one attached hydrogen (secondary N) is 1. The smallest absolute Gasteiger partial charge is 0.269 e. The Kier molecular flexibility index (Phi) is 10.5. The number of thioether (sulfide) groups is 1. The van der Waals surface area contributed by atoms with E-state index in [1.165, 1.54) is 23.9 Å². The second-order valence-corrected chi connectivity index (χ2v) is 11.2. The summed E-state index contributed by atoms with van der Waals surface area (Å²) >= 11 is 1.41. The molecule has 3 rings (SSSR count). The highest BCUT2D eigenvalue weighted by atomic mass is 32.2. The van der Waals surface area contributed by atoms with Gasteiger partial charge in [0.2, 0.25) is 11.8 Å². The van der Waals surface area contributed by atoms with Gasteiger partial charge < -0.3 is 15.0 Å². The van der Waals surface area contributed by atoms with Gasteiger partial charge in [-0.25, -0.2) is 0 Å². The number of hydrogen-bond acceptors (Lipinski definition) is 6. The molecule has 0 radical (unpaired) electrons. The normalized spacial score (nSPS) is 11.9. The predicted octanol–water partition coefficient (Wildman–Crippen LogP) is 5.39. The van der Waals surface area contributed by atoms with Gasteiger partial charge in [0, 0.05) is 36.4 Å². The number of nitro benzene ring substituents is 1. The van der Waals surface area contributed by atoms with Crippen LogP contribution in [0, 0.1) is 10.1 Å². The maximum Gasteiger partial charge on any atom is 0.269 e. The quantitative estimate of drug-likeness (QED) is 0.240. The highest BCUT2D eigenvalue weighted by Crippen LogP contribution is 2.22. The Morgan fingerprint density at radius 2 is 1.64 bits per heavy atom. The van der Waals surface area contributed by atoms with E-state index in [0.29, 0.717) is 17.9 Å². The predicted molar refractivity (Wildman–Crippen MR) is 155 cm³/mol. The molecule has 3 aromatic rings. The average molecular weight is 550 g/mol. The molecule has 2 amide bonds. The highest BCUT2D eigenvalue weighted by Gasteiger charge is 2.32. The zero-order valence-electron chi connectivity index (χ0n) is 22.8. The first kappa shape index (κ1) is 29.7. The molecule has 0 saturated heterocycles. The second-order valence-electron chi connectivity index (χ2n) is 10.2. The van der Waals surface area contributed by atoms with Crippen LogP contribution in [0.4, 0.5) is 5.69 Å². The van der Waals surface area contributed by atoms with E-state index in [2.05, 4.69) is 5.32 Å². The summed E-state index contributed by atoms with van der Waals surface area (Å²) in [6.45, 7) is 5.99. The SMILES string of the molecule is COc1cccc(CN(C(=O)CSCc2ccc([N+](=O)[O-])cc2)C(Cc2ccccc2)C(=O)NC(C)(C)C)c1. The van der Waals surface area contributed by atoms with Crippen LogP contribution in [-0.4, -0.2) is 46.1 Å². The molecule has 1 atom stereocenters. The molecule has 9 heteroatoms. The van der Waals surface area contributed by atoms with Gasteiger partial charge in [-0.3, -0.25) is 19.7 Å². The summed E-state index contributed by atoms with van der Waals surface area (Å²) in [5.74, 6) is 0.937. The maximum absolute atomic E-state index is 13.7. The van der Waals surface area contributed by atoms with Crippen molar-refractivity contribution in [3.05, 3.63) is 106 Å². The average Bonchev–Trinajstić information content (AvgIpc) is 2.90. The van der Waals surface area contributed by atoms with Crippen LogP contribution in [-0.2, 0) is 28.3 Å². The summed E-state index contributed by atoms with van der Waals surface area (Å²) in [6, 6.07) is 22.7. The number of rotatable bonds is 12. The number of carbonyl (C=O) groups is 2. The second kappa shape index (κ2) is 13.8. The van der Waals surface area contributed by atoms with Crippen LogP contribution in [0.25, 0.3) is 0 Å². The van der Waals surface area contributed by atoms with Crippen molar-refractivity contribution in [2.24, 2.45) is 0 Å². The third kappa shape index (κ3) is 9.44. The van der Waals surface area contributed by atoms with Crippen LogP contribution in [0.1, 0.15) is 37.5 Å². The molecule has 0 fully saturated rings. The van der Waals surface area contributed by atoms with Crippen molar-refractivity contribution in [1.82, 2.24) is 10.2 Å². The van der Waals surface area contributed by atoms with Gasteiger partial charge in [0.25, 0.3) is 5.69 Å². The molecule has 1 N–H and O–H groups in total. The lowest BCUT2D eigenvalue weighted by Gasteiger charge is -2.34. The van der Waals surface area contributed by atoms with Gasteiger partial charge in [-0.15, -0.1) is 11.8 Å². The molecule has 0 aliphatic heterocycles. The number of hydrogen-bond donors (Lipinski definition) is 1. The van der Waals surface area contributed by atoms with E-state index < -0.39 is 16.5 Å². The minimum absolute atomic E-state index is 0.0258. The van der Waals surface area contributed by atoms with Gasteiger partial charge in [-0.05, 0) is 49.6 Å². The summed E-state index contributed by atoms with van der Waals surface area (Å²) in [5.41, 5.74) is 2.24. The van der Waals surface area contributed by atoms with E-state index >= 15 is 0 Å². The molecule has 0 saturated carbocycles. The number of carbonyl (C=O) groups excluding carboxylic acids is 2. The van der Waals surface area contributed by atoms with Crippen molar-refractivity contribution in [1.29, 1.82) is 0 Å². The Bertz CT molecular complexity index is 1260. The summed E-state index contributed by atoms with van der Waals surface area (Å²) in [4.78, 5) is 39.5. The first-order valence-corrected chi connectivity index (χ1v) is 13.8. The summed E-state index contributed by atoms with van der Waals surface area (Å²) in [7, 11) is 1.59. The summed E-state index contributed by atoms with van der Waals surface area (Å²) < 4.78 is 5.37. The topological polar surface area (TPSA) is 102 Å². The van der Waals surface area contributed by atoms with Crippen LogP contribution < -0.4 is 10.1 Å². The minimum Gasteiger partial charge on any atom is -0.497 e. The number of ether oxygens (including phenoxy) is 1. The lowest BCUT2D eigenvalue weighted by atomic mass is 10.0. The zero-order valence-corrected chi connectivity index (χ0v) is 23.6. The Labute approximate surface area is 233 Å². The molecule has 0 aliphatic rings. The zero-order chi connectivity index (χ0) is 28.4. The van der Waals surface area contributed by atoms with E-state index in [9.17, 15) is 19.7 Å². The molecule has 0 bridgehead atoms. The number of nitrogens with zero attached hydrogens (tertiary/aromatic N) is 2. The van der Waals surface area contributed by atoms with E-state index in [0.717, 1.165) is 16.7 Å². The monoisotopic (exact) mass is 549 g/mol. The molecule has 39 heavy (non-hydrogen) atoms. The Hall–Kier alpha value is -3.85. The molecule has 1 unspecified atom stereocenters. The Morgan fingerprint density at radius 1 is 0.974 bits per heavy atom. The highest BCUT2D eigenvalue weighted by molar-refractivity contribution is 7.99. The molecule has 0 spiro atoms. The van der Waals surface area contributed by atoms with Crippen LogP contribution >= 0.6 is 11.8 Å². The van der Waals surface area contributed by atoms with Crippen LogP contribution in [0.2, 0.25) is 0 Å². The van der Waals surface area contributed by atoms with E-state index in [1.807, 2.05) is 75.4 Å². The lowest BCUT2D eigenvalue weighted by molar-refractivity contribution is -0.384. The number of benzene rings is 3. The lowest BCUT2D eigenvalue weighted by Crippen LogP contribution is -2.54. The first-order valence-electron chi connectivity index (χ1n) is 12.6. The van der Waals surface area contributed by atoms with Crippen molar-refractivity contribution < 1.29 is 19.2 Å². The molecule has 0 aliphatic carbocycles. The molecular formula is C30H35N3O5S. The van der Waals surface area contributed by atoms with Gasteiger partial charge in [0.1, 0.15) is 11.8 Å². The van der Waals surface area contributed by atoms with Gasteiger partial charge in [-0.1, -0.05) is 54.6 Å². The number of nitro groups is 1. The Balaban J connectivity index is 1.86. The summed E-state index contributed by atoms with van der Waals surface area (Å²) in [5, 5.41) is 14.0. The maximum atomic E-state index is 13.7. The van der Waals surface area contributed by atoms with Crippen LogP contribution in [0.5, 0.6) is 5.75 Å². The molecule has 206 valence electrons. The largest absolute Gasteiger partial charge is 0.497 e. The van der Waals surface area contributed by atoms with Gasteiger partial charge in [-0.2, -0.15) is 0 Å². The molecule has 0 aromatic heterocycles. The van der Waals surface area contributed by atoms with E-state index in [4.69, 9.17) is 4.74 Å². The molecule has 0 heterocycles. The van der Waals surface area contributed by atoms with Crippen molar-refractivity contribution >= 4 is 29.3 Å². The minimum atomic E-state index is -0.731.